The number of hydrogen-bond donors (Lipinski definition) is 2. The average molecular weight is 272 g/mol. The van der Waals surface area contributed by atoms with Crippen molar-refractivity contribution in [3.8, 4) is 5.75 Å². The van der Waals surface area contributed by atoms with Gasteiger partial charge in [-0.15, -0.1) is 0 Å². The van der Waals surface area contributed by atoms with Crippen molar-refractivity contribution in [2.75, 3.05) is 13.2 Å². The lowest BCUT2D eigenvalue weighted by Gasteiger charge is -2.16. The Morgan fingerprint density at radius 1 is 1.39 bits per heavy atom. The van der Waals surface area contributed by atoms with Gasteiger partial charge in [-0.3, -0.25) is 4.79 Å². The van der Waals surface area contributed by atoms with Crippen LogP contribution in [0.1, 0.15) is 13.8 Å². The predicted molar refractivity (Wildman–Crippen MR) is 70.8 cm³/mol. The van der Waals surface area contributed by atoms with Gasteiger partial charge in [-0.05, 0) is 37.1 Å². The lowest BCUT2D eigenvalue weighted by Crippen LogP contribution is -2.39. The Balaban J connectivity index is 2.42. The van der Waals surface area contributed by atoms with Crippen LogP contribution in [0.25, 0.3) is 0 Å². The maximum atomic E-state index is 11.7. The molecule has 4 nitrogen and oxygen atoms in total. The fourth-order valence-electron chi connectivity index (χ4n) is 1.25. The number of halogens is 1. The van der Waals surface area contributed by atoms with Crippen LogP contribution in [0.3, 0.4) is 0 Å². The zero-order valence-electron chi connectivity index (χ0n) is 10.5. The Bertz CT molecular complexity index is 380. The number of ether oxygens (including phenoxy) is 1. The van der Waals surface area contributed by atoms with E-state index in [9.17, 15) is 4.79 Å². The van der Waals surface area contributed by atoms with Crippen LogP contribution >= 0.6 is 11.6 Å². The summed E-state index contributed by atoms with van der Waals surface area (Å²) in [5, 5.41) is 12.2. The van der Waals surface area contributed by atoms with E-state index in [1.54, 1.807) is 31.2 Å². The van der Waals surface area contributed by atoms with Gasteiger partial charge in [0.1, 0.15) is 5.75 Å². The van der Waals surface area contributed by atoms with Gasteiger partial charge in [0.2, 0.25) is 0 Å². The fraction of sp³-hybridized carbons (Fsp3) is 0.462. The maximum absolute atomic E-state index is 11.7. The summed E-state index contributed by atoms with van der Waals surface area (Å²) < 4.78 is 5.46. The molecule has 0 spiro atoms. The zero-order valence-corrected chi connectivity index (χ0v) is 11.3. The van der Waals surface area contributed by atoms with Crippen molar-refractivity contribution in [1.29, 1.82) is 0 Å². The molecule has 2 atom stereocenters. The molecule has 0 aliphatic rings. The number of carbonyl (C=O) groups excluding carboxylic acids is 1. The normalized spacial score (nSPS) is 13.8. The van der Waals surface area contributed by atoms with Crippen molar-refractivity contribution in [2.24, 2.45) is 5.92 Å². The van der Waals surface area contributed by atoms with E-state index in [4.69, 9.17) is 21.4 Å². The molecular weight excluding hydrogens is 254 g/mol. The second-order valence-electron chi connectivity index (χ2n) is 4.25. The molecule has 100 valence electrons. The molecule has 0 saturated heterocycles. The highest BCUT2D eigenvalue weighted by atomic mass is 35.5. The molecule has 0 radical (unpaired) electrons. The Kier molecular flexibility index (Phi) is 5.95. The van der Waals surface area contributed by atoms with Crippen LogP contribution in [0.4, 0.5) is 0 Å². The highest BCUT2D eigenvalue weighted by molar-refractivity contribution is 6.30. The second kappa shape index (κ2) is 7.24. The molecule has 5 heteroatoms. The fourth-order valence-corrected chi connectivity index (χ4v) is 1.38. The molecule has 0 aliphatic heterocycles. The van der Waals surface area contributed by atoms with E-state index in [1.807, 2.05) is 6.92 Å². The lowest BCUT2D eigenvalue weighted by molar-refractivity contribution is -0.127. The summed E-state index contributed by atoms with van der Waals surface area (Å²) in [5.74, 6) is 0.430. The monoisotopic (exact) mass is 271 g/mol. The standard InChI is InChI=1S/C13H18ClNO3/c1-9(8-16)7-15-13(17)10(2)18-12-5-3-11(14)4-6-12/h3-6,9-10,16H,7-8H2,1-2H3,(H,15,17). The average Bonchev–Trinajstić information content (AvgIpc) is 2.38. The predicted octanol–water partition coefficient (Wildman–Crippen LogP) is 1.85. The van der Waals surface area contributed by atoms with E-state index in [2.05, 4.69) is 5.32 Å². The Morgan fingerprint density at radius 2 is 2.00 bits per heavy atom. The van der Waals surface area contributed by atoms with Crippen LogP contribution in [0.5, 0.6) is 5.75 Å². The number of hydrogen-bond acceptors (Lipinski definition) is 3. The summed E-state index contributed by atoms with van der Waals surface area (Å²) in [7, 11) is 0. The molecule has 2 unspecified atom stereocenters. The van der Waals surface area contributed by atoms with Crippen LogP contribution in [0, 0.1) is 5.92 Å². The molecule has 1 amide bonds. The summed E-state index contributed by atoms with van der Waals surface area (Å²) in [6.07, 6.45) is -0.586. The van der Waals surface area contributed by atoms with Crippen LogP contribution in [-0.2, 0) is 4.79 Å². The minimum atomic E-state index is -0.586. The molecule has 2 N–H and O–H groups in total. The number of benzene rings is 1. The van der Waals surface area contributed by atoms with E-state index < -0.39 is 6.10 Å². The summed E-state index contributed by atoms with van der Waals surface area (Å²) in [6, 6.07) is 6.83. The molecular formula is C13H18ClNO3. The highest BCUT2D eigenvalue weighted by Crippen LogP contribution is 2.16. The number of nitrogens with one attached hydrogen (secondary N) is 1. The van der Waals surface area contributed by atoms with Gasteiger partial charge in [0.05, 0.1) is 0 Å². The summed E-state index contributed by atoms with van der Waals surface area (Å²) >= 11 is 5.75. The smallest absolute Gasteiger partial charge is 0.260 e. The molecule has 18 heavy (non-hydrogen) atoms. The third-order valence-corrected chi connectivity index (χ3v) is 2.68. The number of carbonyl (C=O) groups is 1. The summed E-state index contributed by atoms with van der Waals surface area (Å²) in [4.78, 5) is 11.7. The molecule has 1 aromatic rings. The summed E-state index contributed by atoms with van der Waals surface area (Å²) in [5.41, 5.74) is 0. The van der Waals surface area contributed by atoms with Crippen molar-refractivity contribution in [3.63, 3.8) is 0 Å². The molecule has 0 aliphatic carbocycles. The van der Waals surface area contributed by atoms with Crippen molar-refractivity contribution in [3.05, 3.63) is 29.3 Å². The third kappa shape index (κ3) is 4.94. The molecule has 0 bridgehead atoms. The van der Waals surface area contributed by atoms with Gasteiger partial charge in [0.15, 0.2) is 6.10 Å². The number of amides is 1. The Morgan fingerprint density at radius 3 is 2.56 bits per heavy atom. The second-order valence-corrected chi connectivity index (χ2v) is 4.68. The quantitative estimate of drug-likeness (QED) is 0.830. The maximum Gasteiger partial charge on any atom is 0.260 e. The van der Waals surface area contributed by atoms with Crippen LogP contribution in [-0.4, -0.2) is 30.3 Å². The Labute approximate surface area is 112 Å². The van der Waals surface area contributed by atoms with Crippen LogP contribution < -0.4 is 10.1 Å². The molecule has 0 aromatic heterocycles. The molecule has 0 fully saturated rings. The number of aliphatic hydroxyl groups excluding tert-OH is 1. The first-order valence-corrected chi connectivity index (χ1v) is 6.21. The molecule has 0 heterocycles. The van der Waals surface area contributed by atoms with Crippen LogP contribution in [0.2, 0.25) is 5.02 Å². The van der Waals surface area contributed by atoms with Crippen molar-refractivity contribution < 1.29 is 14.6 Å². The third-order valence-electron chi connectivity index (χ3n) is 2.43. The van der Waals surface area contributed by atoms with Crippen molar-refractivity contribution >= 4 is 17.5 Å². The molecule has 1 aromatic carbocycles. The highest BCUT2D eigenvalue weighted by Gasteiger charge is 2.14. The van der Waals surface area contributed by atoms with E-state index in [0.717, 1.165) is 0 Å². The number of aliphatic hydroxyl groups is 1. The van der Waals surface area contributed by atoms with Crippen LogP contribution in [0.15, 0.2) is 24.3 Å². The van der Waals surface area contributed by atoms with Crippen molar-refractivity contribution in [1.82, 2.24) is 5.32 Å². The zero-order chi connectivity index (χ0) is 13.5. The Hall–Kier alpha value is -1.26. The first-order chi connectivity index (χ1) is 8.52. The topological polar surface area (TPSA) is 58.6 Å². The molecule has 0 saturated carbocycles. The van der Waals surface area contributed by atoms with E-state index in [-0.39, 0.29) is 18.4 Å². The largest absolute Gasteiger partial charge is 0.481 e. The van der Waals surface area contributed by atoms with E-state index in [0.29, 0.717) is 17.3 Å². The summed E-state index contributed by atoms with van der Waals surface area (Å²) in [6.45, 7) is 4.01. The minimum absolute atomic E-state index is 0.0386. The lowest BCUT2D eigenvalue weighted by atomic mass is 10.2. The first-order valence-electron chi connectivity index (χ1n) is 5.83. The van der Waals surface area contributed by atoms with Gasteiger partial charge in [0.25, 0.3) is 5.91 Å². The van der Waals surface area contributed by atoms with E-state index >= 15 is 0 Å². The first kappa shape index (κ1) is 14.8. The van der Waals surface area contributed by atoms with Gasteiger partial charge in [-0.2, -0.15) is 0 Å². The SMILES string of the molecule is CC(CO)CNC(=O)C(C)Oc1ccc(Cl)cc1. The van der Waals surface area contributed by atoms with Gasteiger partial charge < -0.3 is 15.2 Å². The number of rotatable bonds is 6. The van der Waals surface area contributed by atoms with Gasteiger partial charge in [-0.1, -0.05) is 18.5 Å². The molecule has 1 rings (SSSR count). The van der Waals surface area contributed by atoms with Gasteiger partial charge in [0, 0.05) is 18.2 Å². The van der Waals surface area contributed by atoms with Gasteiger partial charge in [-0.25, -0.2) is 0 Å². The van der Waals surface area contributed by atoms with E-state index in [1.165, 1.54) is 0 Å². The van der Waals surface area contributed by atoms with Gasteiger partial charge >= 0.3 is 0 Å². The van der Waals surface area contributed by atoms with Crippen molar-refractivity contribution in [2.45, 2.75) is 20.0 Å². The minimum Gasteiger partial charge on any atom is -0.481 e.